The van der Waals surface area contributed by atoms with Crippen LogP contribution in [0.2, 0.25) is 0 Å². The molecule has 0 saturated heterocycles. The van der Waals surface area contributed by atoms with E-state index in [4.69, 9.17) is 4.84 Å². The number of rotatable bonds is 6. The van der Waals surface area contributed by atoms with E-state index in [0.29, 0.717) is 12.1 Å². The van der Waals surface area contributed by atoms with Crippen molar-refractivity contribution in [1.29, 1.82) is 0 Å². The lowest BCUT2D eigenvalue weighted by atomic mass is 10.1. The summed E-state index contributed by atoms with van der Waals surface area (Å²) in [4.78, 5) is 16.8. The van der Waals surface area contributed by atoms with Crippen LogP contribution in [0.25, 0.3) is 0 Å². The Morgan fingerprint density at radius 3 is 2.45 bits per heavy atom. The number of hydrogen-bond acceptors (Lipinski definition) is 4. The Morgan fingerprint density at radius 2 is 1.77 bits per heavy atom. The maximum absolute atomic E-state index is 12.0. The van der Waals surface area contributed by atoms with Gasteiger partial charge in [0.15, 0.2) is 5.71 Å². The maximum atomic E-state index is 12.0. The standard InChI is InChI=1S/C17H19N3O2/c1-18-17(21)16(20-22-2)14-10-6-7-11-15(14)19-12-13-8-4-3-5-9-13/h3-11,19H,12H2,1-2H3,(H,18,21)/b20-16+. The van der Waals surface area contributed by atoms with Gasteiger partial charge in [-0.1, -0.05) is 53.7 Å². The van der Waals surface area contributed by atoms with Crippen LogP contribution in [-0.4, -0.2) is 25.8 Å². The van der Waals surface area contributed by atoms with Crippen molar-refractivity contribution in [1.82, 2.24) is 5.32 Å². The first-order valence-corrected chi connectivity index (χ1v) is 6.96. The van der Waals surface area contributed by atoms with Crippen molar-refractivity contribution in [3.8, 4) is 0 Å². The van der Waals surface area contributed by atoms with Crippen molar-refractivity contribution < 1.29 is 9.63 Å². The number of hydrogen-bond donors (Lipinski definition) is 2. The summed E-state index contributed by atoms with van der Waals surface area (Å²) in [6, 6.07) is 17.6. The third-order valence-corrected chi connectivity index (χ3v) is 3.13. The SMILES string of the molecule is CNC(=O)/C(=N/OC)c1ccccc1NCc1ccccc1. The van der Waals surface area contributed by atoms with Crippen LogP contribution >= 0.6 is 0 Å². The zero-order valence-corrected chi connectivity index (χ0v) is 12.7. The molecule has 0 fully saturated rings. The van der Waals surface area contributed by atoms with Crippen molar-refractivity contribution >= 4 is 17.3 Å². The van der Waals surface area contributed by atoms with E-state index < -0.39 is 0 Å². The van der Waals surface area contributed by atoms with Crippen molar-refractivity contribution in [2.75, 3.05) is 19.5 Å². The minimum atomic E-state index is -0.296. The normalized spacial score (nSPS) is 10.9. The van der Waals surface area contributed by atoms with Crippen LogP contribution in [0.4, 0.5) is 5.69 Å². The van der Waals surface area contributed by atoms with Gasteiger partial charge in [0.1, 0.15) is 7.11 Å². The fraction of sp³-hybridized carbons (Fsp3) is 0.176. The molecule has 0 bridgehead atoms. The second-order valence-corrected chi connectivity index (χ2v) is 4.59. The molecule has 0 aliphatic heterocycles. The Bertz CT molecular complexity index is 654. The summed E-state index contributed by atoms with van der Waals surface area (Å²) < 4.78 is 0. The molecule has 0 aliphatic carbocycles. The molecule has 0 atom stereocenters. The molecular formula is C17H19N3O2. The van der Waals surface area contributed by atoms with Crippen molar-refractivity contribution in [3.05, 3.63) is 65.7 Å². The Balaban J connectivity index is 2.26. The van der Waals surface area contributed by atoms with Crippen LogP contribution < -0.4 is 10.6 Å². The second-order valence-electron chi connectivity index (χ2n) is 4.59. The van der Waals surface area contributed by atoms with E-state index in [-0.39, 0.29) is 11.6 Å². The molecule has 5 nitrogen and oxygen atoms in total. The summed E-state index contributed by atoms with van der Waals surface area (Å²) in [7, 11) is 2.98. The van der Waals surface area contributed by atoms with Gasteiger partial charge in [0.2, 0.25) is 0 Å². The highest BCUT2D eigenvalue weighted by Crippen LogP contribution is 2.17. The van der Waals surface area contributed by atoms with E-state index in [1.165, 1.54) is 7.11 Å². The Morgan fingerprint density at radius 1 is 1.09 bits per heavy atom. The predicted octanol–water partition coefficient (Wildman–Crippen LogP) is 2.40. The average molecular weight is 297 g/mol. The van der Waals surface area contributed by atoms with E-state index >= 15 is 0 Å². The number of nitrogens with one attached hydrogen (secondary N) is 2. The number of anilines is 1. The molecule has 5 heteroatoms. The number of likely N-dealkylation sites (N-methyl/N-ethyl adjacent to an activating group) is 1. The quantitative estimate of drug-likeness (QED) is 0.635. The number of carbonyl (C=O) groups is 1. The summed E-state index contributed by atoms with van der Waals surface area (Å²) in [5, 5.41) is 9.75. The zero-order valence-electron chi connectivity index (χ0n) is 12.7. The third-order valence-electron chi connectivity index (χ3n) is 3.13. The van der Waals surface area contributed by atoms with E-state index in [2.05, 4.69) is 15.8 Å². The molecule has 2 rings (SSSR count). The molecule has 0 radical (unpaired) electrons. The maximum Gasteiger partial charge on any atom is 0.273 e. The molecule has 2 aromatic carbocycles. The minimum Gasteiger partial charge on any atom is -0.398 e. The lowest BCUT2D eigenvalue weighted by Crippen LogP contribution is -2.29. The van der Waals surface area contributed by atoms with Gasteiger partial charge in [-0.15, -0.1) is 0 Å². The van der Waals surface area contributed by atoms with Crippen LogP contribution in [0.15, 0.2) is 59.8 Å². The second kappa shape index (κ2) is 7.83. The number of oxime groups is 1. The van der Waals surface area contributed by atoms with E-state index in [1.807, 2.05) is 54.6 Å². The number of benzene rings is 2. The van der Waals surface area contributed by atoms with E-state index in [0.717, 1.165) is 11.3 Å². The smallest absolute Gasteiger partial charge is 0.273 e. The number of para-hydroxylation sites is 1. The lowest BCUT2D eigenvalue weighted by molar-refractivity contribution is -0.114. The van der Waals surface area contributed by atoms with Crippen LogP contribution in [0.1, 0.15) is 11.1 Å². The molecule has 0 unspecified atom stereocenters. The Labute approximate surface area is 130 Å². The molecule has 114 valence electrons. The van der Waals surface area contributed by atoms with Gasteiger partial charge < -0.3 is 15.5 Å². The monoisotopic (exact) mass is 297 g/mol. The highest BCUT2D eigenvalue weighted by Gasteiger charge is 2.17. The summed E-state index contributed by atoms with van der Waals surface area (Å²) in [5.74, 6) is -0.296. The average Bonchev–Trinajstić information content (AvgIpc) is 2.58. The van der Waals surface area contributed by atoms with Gasteiger partial charge in [-0.25, -0.2) is 0 Å². The first kappa shape index (κ1) is 15.6. The fourth-order valence-corrected chi connectivity index (χ4v) is 2.06. The molecule has 2 aromatic rings. The van der Waals surface area contributed by atoms with Gasteiger partial charge in [-0.05, 0) is 11.6 Å². The highest BCUT2D eigenvalue weighted by atomic mass is 16.6. The van der Waals surface area contributed by atoms with Gasteiger partial charge in [0, 0.05) is 24.8 Å². The molecule has 0 spiro atoms. The summed E-state index contributed by atoms with van der Waals surface area (Å²) in [6.07, 6.45) is 0. The van der Waals surface area contributed by atoms with Gasteiger partial charge in [-0.2, -0.15) is 0 Å². The summed E-state index contributed by atoms with van der Waals surface area (Å²) >= 11 is 0. The van der Waals surface area contributed by atoms with Gasteiger partial charge in [-0.3, -0.25) is 4.79 Å². The van der Waals surface area contributed by atoms with Gasteiger partial charge in [0.25, 0.3) is 5.91 Å². The van der Waals surface area contributed by atoms with Gasteiger partial charge in [0.05, 0.1) is 0 Å². The molecule has 2 N–H and O–H groups in total. The highest BCUT2D eigenvalue weighted by molar-refractivity contribution is 6.46. The molecule has 0 saturated carbocycles. The van der Waals surface area contributed by atoms with Crippen molar-refractivity contribution in [2.24, 2.45) is 5.16 Å². The predicted molar refractivity (Wildman–Crippen MR) is 87.8 cm³/mol. The molecular weight excluding hydrogens is 278 g/mol. The number of carbonyl (C=O) groups excluding carboxylic acids is 1. The topological polar surface area (TPSA) is 62.7 Å². The van der Waals surface area contributed by atoms with E-state index in [9.17, 15) is 4.79 Å². The van der Waals surface area contributed by atoms with Crippen LogP contribution in [0.5, 0.6) is 0 Å². The summed E-state index contributed by atoms with van der Waals surface area (Å²) in [6.45, 7) is 0.659. The third kappa shape index (κ3) is 3.85. The minimum absolute atomic E-state index is 0.237. The molecule has 0 aromatic heterocycles. The zero-order chi connectivity index (χ0) is 15.8. The van der Waals surface area contributed by atoms with Crippen LogP contribution in [0.3, 0.4) is 0 Å². The molecule has 0 aliphatic rings. The van der Waals surface area contributed by atoms with Crippen molar-refractivity contribution in [2.45, 2.75) is 6.54 Å². The van der Waals surface area contributed by atoms with E-state index in [1.54, 1.807) is 7.05 Å². The first-order valence-electron chi connectivity index (χ1n) is 6.96. The number of nitrogens with zero attached hydrogens (tertiary/aromatic N) is 1. The molecule has 0 heterocycles. The number of amides is 1. The molecule has 22 heavy (non-hydrogen) atoms. The van der Waals surface area contributed by atoms with Crippen LogP contribution in [0, 0.1) is 0 Å². The van der Waals surface area contributed by atoms with Gasteiger partial charge >= 0.3 is 0 Å². The van der Waals surface area contributed by atoms with Crippen molar-refractivity contribution in [3.63, 3.8) is 0 Å². The first-order chi connectivity index (χ1) is 10.8. The Kier molecular flexibility index (Phi) is 5.54. The summed E-state index contributed by atoms with van der Waals surface area (Å²) in [5.41, 5.74) is 2.91. The molecule has 1 amide bonds. The Hall–Kier alpha value is -2.82. The largest absolute Gasteiger partial charge is 0.398 e. The van der Waals surface area contributed by atoms with Crippen LogP contribution in [-0.2, 0) is 16.2 Å². The fourth-order valence-electron chi connectivity index (χ4n) is 2.06. The lowest BCUT2D eigenvalue weighted by Gasteiger charge is -2.13.